The Balaban J connectivity index is 1.28. The van der Waals surface area contributed by atoms with Crippen molar-refractivity contribution in [3.8, 4) is 0 Å². The number of amides is 2. The van der Waals surface area contributed by atoms with Crippen LogP contribution in [-0.2, 0) is 14.3 Å². The van der Waals surface area contributed by atoms with E-state index in [4.69, 9.17) is 4.74 Å². The van der Waals surface area contributed by atoms with Gasteiger partial charge in [0.1, 0.15) is 24.8 Å². The van der Waals surface area contributed by atoms with Crippen LogP contribution in [0.15, 0.2) is 24.3 Å². The van der Waals surface area contributed by atoms with Gasteiger partial charge in [0.25, 0.3) is 5.91 Å². The number of anilines is 1. The number of ketones is 1. The molecule has 0 unspecified atom stereocenters. The van der Waals surface area contributed by atoms with Crippen LogP contribution in [0, 0.1) is 5.92 Å². The van der Waals surface area contributed by atoms with Gasteiger partial charge in [-0.1, -0.05) is 26.2 Å². The zero-order valence-corrected chi connectivity index (χ0v) is 22.9. The number of rotatable bonds is 8. The van der Waals surface area contributed by atoms with E-state index in [-0.39, 0.29) is 42.3 Å². The molecule has 0 bridgehead atoms. The van der Waals surface area contributed by atoms with Gasteiger partial charge in [-0.3, -0.25) is 19.3 Å². The third-order valence-corrected chi connectivity index (χ3v) is 8.92. The van der Waals surface area contributed by atoms with E-state index in [1.165, 1.54) is 6.42 Å². The average Bonchev–Trinajstić information content (AvgIpc) is 3.52. The number of nitrogens with zero attached hydrogens (tertiary/aromatic N) is 3. The Bertz CT molecular complexity index is 987. The van der Waals surface area contributed by atoms with Crippen LogP contribution in [-0.4, -0.2) is 105 Å². The summed E-state index contributed by atoms with van der Waals surface area (Å²) in [5.74, 6) is -0.370. The molecule has 3 saturated heterocycles. The first-order valence-corrected chi connectivity index (χ1v) is 14.5. The number of piperazine rings is 1. The third-order valence-electron chi connectivity index (χ3n) is 8.92. The maximum atomic E-state index is 14.0. The van der Waals surface area contributed by atoms with Gasteiger partial charge in [-0.2, -0.15) is 0 Å². The second-order valence-electron chi connectivity index (χ2n) is 11.3. The van der Waals surface area contributed by atoms with Gasteiger partial charge in [0.2, 0.25) is 5.91 Å². The van der Waals surface area contributed by atoms with Crippen LogP contribution in [0.4, 0.5) is 5.69 Å². The average molecular weight is 526 g/mol. The Morgan fingerprint density at radius 2 is 1.76 bits per heavy atom. The second-order valence-corrected chi connectivity index (χ2v) is 11.3. The zero-order valence-electron chi connectivity index (χ0n) is 22.9. The molecule has 1 aromatic rings. The van der Waals surface area contributed by atoms with Crippen LogP contribution in [0.5, 0.6) is 0 Å². The Labute approximate surface area is 226 Å². The zero-order chi connectivity index (χ0) is 26.6. The number of nitrogens with one attached hydrogen (secondary N) is 2. The molecule has 0 aromatic heterocycles. The van der Waals surface area contributed by atoms with Gasteiger partial charge < -0.3 is 25.2 Å². The van der Waals surface area contributed by atoms with E-state index in [1.54, 1.807) is 4.90 Å². The first kappa shape index (κ1) is 27.1. The number of carbonyl (C=O) groups is 3. The van der Waals surface area contributed by atoms with Crippen molar-refractivity contribution in [3.05, 3.63) is 29.8 Å². The lowest BCUT2D eigenvalue weighted by molar-refractivity contribution is -0.139. The molecule has 2 N–H and O–H groups in total. The minimum atomic E-state index is -0.640. The van der Waals surface area contributed by atoms with Gasteiger partial charge in [-0.05, 0) is 63.0 Å². The van der Waals surface area contributed by atoms with Crippen LogP contribution in [0.25, 0.3) is 0 Å². The molecule has 2 amide bonds. The molecule has 0 spiro atoms. The van der Waals surface area contributed by atoms with Crippen molar-refractivity contribution in [2.75, 3.05) is 57.8 Å². The van der Waals surface area contributed by atoms with Crippen LogP contribution in [0.1, 0.15) is 55.8 Å². The van der Waals surface area contributed by atoms with E-state index in [2.05, 4.69) is 27.4 Å². The summed E-state index contributed by atoms with van der Waals surface area (Å²) >= 11 is 0. The lowest BCUT2D eigenvalue weighted by Gasteiger charge is -2.36. The smallest absolute Gasteiger partial charge is 0.251 e. The molecule has 4 atom stereocenters. The quantitative estimate of drug-likeness (QED) is 0.533. The summed E-state index contributed by atoms with van der Waals surface area (Å²) in [5.41, 5.74) is 1.68. The minimum Gasteiger partial charge on any atom is -0.369 e. The summed E-state index contributed by atoms with van der Waals surface area (Å²) < 4.78 is 5.73. The van der Waals surface area contributed by atoms with Crippen LogP contribution in [0.3, 0.4) is 0 Å². The van der Waals surface area contributed by atoms with E-state index in [0.717, 1.165) is 70.5 Å². The van der Waals surface area contributed by atoms with Crippen LogP contribution >= 0.6 is 0 Å². The molecule has 1 aliphatic carbocycles. The minimum absolute atomic E-state index is 0.0394. The summed E-state index contributed by atoms with van der Waals surface area (Å²) in [7, 11) is 1.83. The van der Waals surface area contributed by atoms with Crippen molar-refractivity contribution in [2.24, 2.45) is 5.92 Å². The van der Waals surface area contributed by atoms with Crippen molar-refractivity contribution >= 4 is 23.3 Å². The molecule has 1 saturated carbocycles. The fourth-order valence-corrected chi connectivity index (χ4v) is 6.76. The molecule has 3 heterocycles. The number of carbonyl (C=O) groups excluding carboxylic acids is 3. The van der Waals surface area contributed by atoms with E-state index < -0.39 is 12.1 Å². The Morgan fingerprint density at radius 1 is 1.05 bits per heavy atom. The molecule has 9 heteroatoms. The highest BCUT2D eigenvalue weighted by Gasteiger charge is 2.53. The first-order valence-electron chi connectivity index (χ1n) is 14.5. The number of ether oxygens (including phenoxy) is 1. The number of fused-ring (bicyclic) bond motifs is 1. The number of Topliss-reactive ketones (excluding diaryl/α,β-unsaturated/α-hetero) is 1. The van der Waals surface area contributed by atoms with Crippen molar-refractivity contribution in [2.45, 2.75) is 69.7 Å². The van der Waals surface area contributed by atoms with Gasteiger partial charge in [0.05, 0.1) is 6.04 Å². The highest BCUT2D eigenvalue weighted by molar-refractivity contribution is 5.99. The largest absolute Gasteiger partial charge is 0.369 e. The number of benzene rings is 1. The molecule has 4 fully saturated rings. The van der Waals surface area contributed by atoms with Gasteiger partial charge >= 0.3 is 0 Å². The lowest BCUT2D eigenvalue weighted by atomic mass is 9.83. The first-order chi connectivity index (χ1) is 18.5. The standard InChI is InChI=1S/C29H43N5O4/c1-3-13-32-14-16-33(17-15-32)22-11-9-21(10-12-22)28(36)31-25(20-7-5-4-6-8-20)29(37)34-18-23(30-2)27-26(34)24(35)19-38-27/h9-12,20,23,25-27,30H,3-8,13-19H2,1-2H3,(H,31,36)/t23-,25-,26+,27+/m0/s1. The van der Waals surface area contributed by atoms with E-state index in [1.807, 2.05) is 31.3 Å². The Hall–Kier alpha value is -2.49. The summed E-state index contributed by atoms with van der Waals surface area (Å²) in [6, 6.07) is 6.46. The fraction of sp³-hybridized carbons (Fsp3) is 0.690. The van der Waals surface area contributed by atoms with Crippen LogP contribution < -0.4 is 15.5 Å². The highest BCUT2D eigenvalue weighted by atomic mass is 16.5. The maximum absolute atomic E-state index is 14.0. The van der Waals surface area contributed by atoms with E-state index in [9.17, 15) is 14.4 Å². The molecular weight excluding hydrogens is 482 g/mol. The van der Waals surface area contributed by atoms with Gasteiger partial charge in [0, 0.05) is 44.0 Å². The molecule has 9 nitrogen and oxygen atoms in total. The van der Waals surface area contributed by atoms with Crippen LogP contribution in [0.2, 0.25) is 0 Å². The molecule has 4 aliphatic rings. The van der Waals surface area contributed by atoms with Crippen molar-refractivity contribution in [1.29, 1.82) is 0 Å². The van der Waals surface area contributed by atoms with Gasteiger partial charge in [-0.25, -0.2) is 0 Å². The topological polar surface area (TPSA) is 94.2 Å². The Morgan fingerprint density at radius 3 is 2.42 bits per heavy atom. The summed E-state index contributed by atoms with van der Waals surface area (Å²) in [6.07, 6.45) is 5.92. The molecule has 3 aliphatic heterocycles. The predicted octanol–water partition coefficient (Wildman–Crippen LogP) is 1.66. The van der Waals surface area contributed by atoms with Crippen molar-refractivity contribution in [3.63, 3.8) is 0 Å². The molecule has 38 heavy (non-hydrogen) atoms. The maximum Gasteiger partial charge on any atom is 0.251 e. The third kappa shape index (κ3) is 5.60. The lowest BCUT2D eigenvalue weighted by Crippen LogP contribution is -2.55. The summed E-state index contributed by atoms with van der Waals surface area (Å²) in [4.78, 5) is 46.6. The number of hydrogen-bond acceptors (Lipinski definition) is 7. The molecule has 1 aromatic carbocycles. The van der Waals surface area contributed by atoms with Gasteiger partial charge in [0.15, 0.2) is 5.78 Å². The van der Waals surface area contributed by atoms with Crippen molar-refractivity contribution < 1.29 is 19.1 Å². The normalized spacial score (nSPS) is 27.4. The second kappa shape index (κ2) is 12.1. The number of hydrogen-bond donors (Lipinski definition) is 2. The molecule has 0 radical (unpaired) electrons. The highest BCUT2D eigenvalue weighted by Crippen LogP contribution is 2.32. The Kier molecular flexibility index (Phi) is 8.65. The number of likely N-dealkylation sites (tertiary alicyclic amines) is 1. The molecular formula is C29H43N5O4. The predicted molar refractivity (Wildman–Crippen MR) is 146 cm³/mol. The number of likely N-dealkylation sites (N-methyl/N-ethyl adjacent to an activating group) is 1. The molecule has 208 valence electrons. The summed E-state index contributed by atoms with van der Waals surface area (Å²) in [5, 5.41) is 6.30. The van der Waals surface area contributed by atoms with Gasteiger partial charge in [-0.15, -0.1) is 0 Å². The monoisotopic (exact) mass is 525 g/mol. The van der Waals surface area contributed by atoms with E-state index >= 15 is 0 Å². The van der Waals surface area contributed by atoms with E-state index in [0.29, 0.717) is 12.1 Å². The summed E-state index contributed by atoms with van der Waals surface area (Å²) in [6.45, 7) is 7.89. The SMILES string of the molecule is CCCN1CCN(c2ccc(C(=O)N[C@H](C(=O)N3C[C@H](NC)[C@H]4OCC(=O)[C@H]43)C3CCCCC3)cc2)CC1. The fourth-order valence-electron chi connectivity index (χ4n) is 6.76. The molecule has 5 rings (SSSR count). The van der Waals surface area contributed by atoms with Crippen molar-refractivity contribution in [1.82, 2.24) is 20.4 Å².